The normalized spacial score (nSPS) is 11.3. The molecule has 0 aliphatic heterocycles. The van der Waals surface area contributed by atoms with Crippen molar-refractivity contribution in [2.24, 2.45) is 0 Å². The molecular formula is C95H59N13. The van der Waals surface area contributed by atoms with Crippen LogP contribution in [0.4, 0.5) is 0 Å². The van der Waals surface area contributed by atoms with Crippen LogP contribution in [0, 0.1) is 0 Å². The van der Waals surface area contributed by atoms with Crippen LogP contribution in [0.25, 0.3) is 201 Å². The first-order chi connectivity index (χ1) is 53.4. The minimum absolute atomic E-state index is 0.614. The quantitative estimate of drug-likeness (QED) is 0.113. The van der Waals surface area contributed by atoms with Gasteiger partial charge < -0.3 is 0 Å². The van der Waals surface area contributed by atoms with Gasteiger partial charge >= 0.3 is 0 Å². The number of nitrogens with zero attached hydrogens (tertiary/aromatic N) is 13. The minimum atomic E-state index is 0.614. The lowest BCUT2D eigenvalue weighted by Gasteiger charge is -2.10. The van der Waals surface area contributed by atoms with Gasteiger partial charge in [-0.2, -0.15) is 0 Å². The molecule has 0 aliphatic rings. The Morgan fingerprint density at radius 2 is 0.417 bits per heavy atom. The summed E-state index contributed by atoms with van der Waals surface area (Å²) >= 11 is 0. The molecule has 13 nitrogen and oxygen atoms in total. The van der Waals surface area contributed by atoms with Crippen molar-refractivity contribution in [1.29, 1.82) is 0 Å². The van der Waals surface area contributed by atoms with Gasteiger partial charge in [0.1, 0.15) is 11.4 Å². The van der Waals surface area contributed by atoms with Crippen LogP contribution in [0.5, 0.6) is 0 Å². The summed E-state index contributed by atoms with van der Waals surface area (Å²) in [6.45, 7) is 0. The fourth-order valence-electron chi connectivity index (χ4n) is 13.6. The number of aromatic nitrogens is 13. The van der Waals surface area contributed by atoms with Gasteiger partial charge in [-0.15, -0.1) is 0 Å². The number of pyridine rings is 4. The maximum atomic E-state index is 5.06. The van der Waals surface area contributed by atoms with Crippen molar-refractivity contribution in [3.05, 3.63) is 358 Å². The fourth-order valence-corrected chi connectivity index (χ4v) is 13.6. The average molecular weight is 1380 g/mol. The maximum Gasteiger partial charge on any atom is 0.178 e. The Morgan fingerprint density at radius 3 is 0.852 bits per heavy atom. The highest BCUT2D eigenvalue weighted by molar-refractivity contribution is 5.93. The maximum absolute atomic E-state index is 5.06. The second-order valence-electron chi connectivity index (χ2n) is 26.3. The van der Waals surface area contributed by atoms with Gasteiger partial charge in [-0.1, -0.05) is 267 Å². The molecule has 0 atom stereocenters. The van der Waals surface area contributed by atoms with E-state index in [2.05, 4.69) is 186 Å². The van der Waals surface area contributed by atoms with Gasteiger partial charge in [0.15, 0.2) is 34.9 Å². The van der Waals surface area contributed by atoms with Crippen molar-refractivity contribution in [1.82, 2.24) is 64.8 Å². The summed E-state index contributed by atoms with van der Waals surface area (Å²) in [7, 11) is 0. The van der Waals surface area contributed by atoms with Crippen molar-refractivity contribution in [2.45, 2.75) is 0 Å². The van der Waals surface area contributed by atoms with E-state index in [1.54, 1.807) is 0 Å². The van der Waals surface area contributed by atoms with Gasteiger partial charge in [-0.3, -0.25) is 0 Å². The first-order valence-electron chi connectivity index (χ1n) is 35.6. The Bertz CT molecular complexity index is 6260. The van der Waals surface area contributed by atoms with Gasteiger partial charge in [0, 0.05) is 89.2 Å². The van der Waals surface area contributed by atoms with Gasteiger partial charge in [0.25, 0.3) is 0 Å². The number of benzene rings is 12. The van der Waals surface area contributed by atoms with Crippen LogP contribution >= 0.6 is 0 Å². The molecule has 13 heteroatoms. The SMILES string of the molecule is c1ccc(-c2cc(-c3ccc(-c4ccc5cc(-c6ccc7ccc(-c8ncc9ccccc9n8)nc7c6)ccc5n4)cc3)nc(-c3ccccc3)n2)cc1.c1ccc(-c2nc(-c3ccccc3)nc(-c3ccc(-c4ccc5cc(-c6ccc7ccc(-c8ncc9ccccc9n8)nc7c6)ccc5n4)cc3)n2)cc1. The smallest absolute Gasteiger partial charge is 0.178 e. The predicted octanol–water partition coefficient (Wildman–Crippen LogP) is 22.4. The zero-order valence-corrected chi connectivity index (χ0v) is 57.9. The third-order valence-electron chi connectivity index (χ3n) is 19.3. The van der Waals surface area contributed by atoms with Crippen molar-refractivity contribution in [3.63, 3.8) is 0 Å². The number of hydrogen-bond donors (Lipinski definition) is 0. The summed E-state index contributed by atoms with van der Waals surface area (Å²) in [5.41, 5.74) is 22.8. The van der Waals surface area contributed by atoms with Gasteiger partial charge in [0.2, 0.25) is 0 Å². The highest BCUT2D eigenvalue weighted by Gasteiger charge is 2.17. The third kappa shape index (κ3) is 13.1. The Balaban J connectivity index is 0.000000147. The molecule has 12 aromatic carbocycles. The Labute approximate surface area is 620 Å². The lowest BCUT2D eigenvalue weighted by atomic mass is 10.0. The summed E-state index contributed by atoms with van der Waals surface area (Å²) < 4.78 is 0. The molecule has 0 aliphatic carbocycles. The van der Waals surface area contributed by atoms with E-state index in [4.69, 9.17) is 54.8 Å². The average Bonchev–Trinajstić information content (AvgIpc) is 0.788. The Morgan fingerprint density at radius 1 is 0.130 bits per heavy atom. The van der Waals surface area contributed by atoms with E-state index in [0.717, 1.165) is 166 Å². The van der Waals surface area contributed by atoms with Gasteiger partial charge in [-0.25, -0.2) is 64.8 Å². The lowest BCUT2D eigenvalue weighted by Crippen LogP contribution is -2.00. The van der Waals surface area contributed by atoms with E-state index in [1.807, 2.05) is 182 Å². The number of hydrogen-bond acceptors (Lipinski definition) is 13. The van der Waals surface area contributed by atoms with Gasteiger partial charge in [0.05, 0.1) is 55.9 Å². The third-order valence-corrected chi connectivity index (χ3v) is 19.3. The van der Waals surface area contributed by atoms with E-state index in [1.165, 1.54) is 0 Å². The molecule has 0 saturated carbocycles. The summed E-state index contributed by atoms with van der Waals surface area (Å²) in [5.74, 6) is 3.83. The van der Waals surface area contributed by atoms with Crippen LogP contribution in [-0.4, -0.2) is 64.8 Å². The first-order valence-corrected chi connectivity index (χ1v) is 35.6. The summed E-state index contributed by atoms with van der Waals surface area (Å²) in [6.07, 6.45) is 3.70. The number of para-hydroxylation sites is 2. The number of rotatable bonds is 12. The first kappa shape index (κ1) is 63.9. The zero-order chi connectivity index (χ0) is 71.7. The number of fused-ring (bicyclic) bond motifs is 6. The Kier molecular flexibility index (Phi) is 16.6. The topological polar surface area (TPSA) is 168 Å². The van der Waals surface area contributed by atoms with Crippen LogP contribution < -0.4 is 0 Å². The molecule has 0 saturated heterocycles. The summed E-state index contributed by atoms with van der Waals surface area (Å²) in [5, 5.41) is 6.27. The molecule has 0 amide bonds. The van der Waals surface area contributed by atoms with E-state index < -0.39 is 0 Å². The van der Waals surface area contributed by atoms with Crippen LogP contribution in [0.15, 0.2) is 358 Å². The standard InChI is InChI=1S/C48H30N6.C47H29N7/c1-3-9-31(10-4-1)45-29-46(54-47(53-45)35-11-5-2-6-12-35)33-17-15-32(16-18-33)41-25-23-38-27-36(22-24-42(38)50-41)37-20-19-34-21-26-43(51-44(34)28-37)48-49-30-39-13-7-8-14-40(39)52-48;1-3-9-32(10-4-1)44-52-45(33-11-5-2-6-12-33)54-46(53-44)34-18-15-30(16-19-34)40-25-23-37-27-35(22-24-41(37)49-40)36-20-17-31-21-26-42(50-43(31)28-36)47-48-29-38-13-7-8-14-39(38)51-47/h1-30H;1-29H. The molecule has 8 heterocycles. The van der Waals surface area contributed by atoms with Crippen LogP contribution in [0.2, 0.25) is 0 Å². The molecule has 20 aromatic rings. The van der Waals surface area contributed by atoms with Crippen LogP contribution in [-0.2, 0) is 0 Å². The highest BCUT2D eigenvalue weighted by atomic mass is 15.0. The molecule has 8 aromatic heterocycles. The van der Waals surface area contributed by atoms with Crippen LogP contribution in [0.3, 0.4) is 0 Å². The van der Waals surface area contributed by atoms with E-state index in [9.17, 15) is 0 Å². The second kappa shape index (κ2) is 28.0. The fraction of sp³-hybridized carbons (Fsp3) is 0. The molecule has 108 heavy (non-hydrogen) atoms. The van der Waals surface area contributed by atoms with Crippen molar-refractivity contribution < 1.29 is 0 Å². The highest BCUT2D eigenvalue weighted by Crippen LogP contribution is 2.36. The molecule has 0 spiro atoms. The molecule has 20 rings (SSSR count). The minimum Gasteiger partial charge on any atom is -0.248 e. The predicted molar refractivity (Wildman–Crippen MR) is 434 cm³/mol. The Hall–Kier alpha value is -15.0. The molecular weight excluding hydrogens is 1320 g/mol. The van der Waals surface area contributed by atoms with Crippen molar-refractivity contribution in [2.75, 3.05) is 0 Å². The second-order valence-corrected chi connectivity index (χ2v) is 26.3. The molecule has 0 unspecified atom stereocenters. The lowest BCUT2D eigenvalue weighted by molar-refractivity contribution is 1.07. The molecule has 0 bridgehead atoms. The van der Waals surface area contributed by atoms with E-state index in [0.29, 0.717) is 34.9 Å². The van der Waals surface area contributed by atoms with Crippen molar-refractivity contribution >= 4 is 65.4 Å². The van der Waals surface area contributed by atoms with Crippen LogP contribution in [0.1, 0.15) is 0 Å². The van der Waals surface area contributed by atoms with E-state index in [-0.39, 0.29) is 0 Å². The van der Waals surface area contributed by atoms with Crippen molar-refractivity contribution in [3.8, 4) is 136 Å². The van der Waals surface area contributed by atoms with Gasteiger partial charge in [-0.05, 0) is 101 Å². The molecule has 0 N–H and O–H groups in total. The molecule has 0 radical (unpaired) electrons. The zero-order valence-electron chi connectivity index (χ0n) is 57.9. The summed E-state index contributed by atoms with van der Waals surface area (Å²) in [4.78, 5) is 63.2. The summed E-state index contributed by atoms with van der Waals surface area (Å²) in [6, 6.07) is 117. The monoisotopic (exact) mass is 1380 g/mol. The largest absolute Gasteiger partial charge is 0.248 e. The molecule has 504 valence electrons. The van der Waals surface area contributed by atoms with E-state index >= 15 is 0 Å². The molecule has 0 fully saturated rings.